The predicted molar refractivity (Wildman–Crippen MR) is 90.9 cm³/mol. The number of urea groups is 1. The van der Waals surface area contributed by atoms with Crippen LogP contribution in [0.15, 0.2) is 47.4 Å². The summed E-state index contributed by atoms with van der Waals surface area (Å²) in [6.07, 6.45) is 0.657. The number of amides is 2. The largest absolute Gasteiger partial charge is 0.497 e. The first-order valence-electron chi connectivity index (χ1n) is 7.48. The Morgan fingerprint density at radius 3 is 2.54 bits per heavy atom. The zero-order valence-electron chi connectivity index (χ0n) is 13.4. The highest BCUT2D eigenvalue weighted by Gasteiger charge is 2.28. The topological polar surface area (TPSA) is 75.7 Å². The number of hydrogen-bond donors (Lipinski definition) is 1. The number of anilines is 1. The number of benzene rings is 2. The first-order valence-corrected chi connectivity index (χ1v) is 8.97. The molecule has 126 valence electrons. The molecule has 1 aliphatic heterocycles. The highest BCUT2D eigenvalue weighted by Crippen LogP contribution is 2.31. The number of nitrogens with one attached hydrogen (secondary N) is 1. The molecule has 2 aromatic carbocycles. The van der Waals surface area contributed by atoms with E-state index in [0.717, 1.165) is 11.1 Å². The summed E-state index contributed by atoms with van der Waals surface area (Å²) in [5.41, 5.74) is 2.60. The second-order valence-corrected chi connectivity index (χ2v) is 7.30. The Morgan fingerprint density at radius 2 is 1.88 bits per heavy atom. The lowest BCUT2D eigenvalue weighted by Crippen LogP contribution is -2.42. The molecule has 7 heteroatoms. The Morgan fingerprint density at radius 1 is 1.17 bits per heavy atom. The minimum absolute atomic E-state index is 0.0654. The molecule has 0 spiro atoms. The Balaban J connectivity index is 1.80. The number of methoxy groups -OCH3 is 1. The lowest BCUT2D eigenvalue weighted by molar-refractivity contribution is 0.251. The average molecular weight is 346 g/mol. The molecule has 2 aromatic rings. The van der Waals surface area contributed by atoms with Gasteiger partial charge >= 0.3 is 6.03 Å². The molecule has 0 saturated heterocycles. The van der Waals surface area contributed by atoms with Crippen LogP contribution in [0, 0.1) is 6.92 Å². The molecule has 0 aromatic heterocycles. The van der Waals surface area contributed by atoms with E-state index in [0.29, 0.717) is 24.4 Å². The lowest BCUT2D eigenvalue weighted by atomic mass is 10.1. The third-order valence-electron chi connectivity index (χ3n) is 3.98. The maximum atomic E-state index is 12.4. The van der Waals surface area contributed by atoms with Gasteiger partial charge in [0.25, 0.3) is 10.0 Å². The van der Waals surface area contributed by atoms with Crippen molar-refractivity contribution in [3.05, 3.63) is 53.6 Å². The van der Waals surface area contributed by atoms with E-state index in [2.05, 4.69) is 4.72 Å². The standard InChI is InChI=1S/C17H18N2O4S/c1-12-3-6-15(7-4-12)24(21,22)18-17(20)19-10-9-13-11-14(23-2)5-8-16(13)19/h3-8,11H,9-10H2,1-2H3,(H,18,20). The molecule has 3 rings (SSSR count). The predicted octanol–water partition coefficient (Wildman–Crippen LogP) is 2.46. The minimum atomic E-state index is -3.89. The second kappa shape index (κ2) is 6.16. The summed E-state index contributed by atoms with van der Waals surface area (Å²) < 4.78 is 32.0. The summed E-state index contributed by atoms with van der Waals surface area (Å²) in [7, 11) is -2.32. The van der Waals surface area contributed by atoms with E-state index in [9.17, 15) is 13.2 Å². The monoisotopic (exact) mass is 346 g/mol. The molecule has 0 saturated carbocycles. The van der Waals surface area contributed by atoms with Crippen molar-refractivity contribution in [2.24, 2.45) is 0 Å². The summed E-state index contributed by atoms with van der Waals surface area (Å²) in [5, 5.41) is 0. The quantitative estimate of drug-likeness (QED) is 0.926. The fourth-order valence-corrected chi connectivity index (χ4v) is 3.61. The first-order chi connectivity index (χ1) is 11.4. The highest BCUT2D eigenvalue weighted by molar-refractivity contribution is 7.90. The van der Waals surface area contributed by atoms with Crippen LogP contribution in [0.5, 0.6) is 5.75 Å². The van der Waals surface area contributed by atoms with Gasteiger partial charge in [-0.05, 0) is 49.2 Å². The lowest BCUT2D eigenvalue weighted by Gasteiger charge is -2.18. The Labute approximate surface area is 141 Å². The molecule has 0 fully saturated rings. The molecule has 0 unspecified atom stereocenters. The number of rotatable bonds is 3. The summed E-state index contributed by atoms with van der Waals surface area (Å²) in [4.78, 5) is 13.9. The van der Waals surface area contributed by atoms with Crippen molar-refractivity contribution in [3.63, 3.8) is 0 Å². The Kier molecular flexibility index (Phi) is 4.19. The van der Waals surface area contributed by atoms with Gasteiger partial charge < -0.3 is 4.74 Å². The van der Waals surface area contributed by atoms with Gasteiger partial charge in [-0.1, -0.05) is 17.7 Å². The summed E-state index contributed by atoms with van der Waals surface area (Å²) in [5.74, 6) is 0.711. The zero-order chi connectivity index (χ0) is 17.3. The number of fused-ring (bicyclic) bond motifs is 1. The van der Waals surface area contributed by atoms with Crippen molar-refractivity contribution in [2.75, 3.05) is 18.6 Å². The minimum Gasteiger partial charge on any atom is -0.497 e. The molecule has 1 heterocycles. The van der Waals surface area contributed by atoms with Crippen LogP contribution in [-0.2, 0) is 16.4 Å². The summed E-state index contributed by atoms with van der Waals surface area (Å²) in [6.45, 7) is 2.29. The van der Waals surface area contributed by atoms with Crippen molar-refractivity contribution < 1.29 is 17.9 Å². The highest BCUT2D eigenvalue weighted by atomic mass is 32.2. The number of sulfonamides is 1. The fourth-order valence-electron chi connectivity index (χ4n) is 2.66. The van der Waals surface area contributed by atoms with Crippen LogP contribution in [0.1, 0.15) is 11.1 Å². The summed E-state index contributed by atoms with van der Waals surface area (Å²) in [6, 6.07) is 11.1. The Bertz CT molecular complexity index is 876. The van der Waals surface area contributed by atoms with E-state index < -0.39 is 16.1 Å². The number of carbonyl (C=O) groups is 1. The van der Waals surface area contributed by atoms with Gasteiger partial charge in [0, 0.05) is 12.2 Å². The molecule has 2 amide bonds. The molecule has 6 nitrogen and oxygen atoms in total. The van der Waals surface area contributed by atoms with Crippen LogP contribution in [0.25, 0.3) is 0 Å². The van der Waals surface area contributed by atoms with Crippen LogP contribution in [-0.4, -0.2) is 28.1 Å². The molecule has 1 aliphatic rings. The van der Waals surface area contributed by atoms with Gasteiger partial charge in [0.1, 0.15) is 5.75 Å². The van der Waals surface area contributed by atoms with Crippen molar-refractivity contribution >= 4 is 21.7 Å². The van der Waals surface area contributed by atoms with Gasteiger partial charge in [0.2, 0.25) is 0 Å². The maximum Gasteiger partial charge on any atom is 0.335 e. The molecule has 0 atom stereocenters. The van der Waals surface area contributed by atoms with Crippen molar-refractivity contribution in [1.82, 2.24) is 4.72 Å². The smallest absolute Gasteiger partial charge is 0.335 e. The molecule has 24 heavy (non-hydrogen) atoms. The van der Waals surface area contributed by atoms with Gasteiger partial charge in [0.15, 0.2) is 0 Å². The number of aryl methyl sites for hydroxylation is 1. The Hall–Kier alpha value is -2.54. The first kappa shape index (κ1) is 16.3. The van der Waals surface area contributed by atoms with Crippen molar-refractivity contribution in [1.29, 1.82) is 0 Å². The zero-order valence-corrected chi connectivity index (χ0v) is 14.3. The van der Waals surface area contributed by atoms with Crippen LogP contribution < -0.4 is 14.4 Å². The van der Waals surface area contributed by atoms with Gasteiger partial charge in [-0.2, -0.15) is 0 Å². The van der Waals surface area contributed by atoms with Crippen molar-refractivity contribution in [2.45, 2.75) is 18.2 Å². The molecule has 1 N–H and O–H groups in total. The number of nitrogens with zero attached hydrogens (tertiary/aromatic N) is 1. The van der Waals surface area contributed by atoms with Gasteiger partial charge in [-0.15, -0.1) is 0 Å². The SMILES string of the molecule is COc1ccc2c(c1)CCN2C(=O)NS(=O)(=O)c1ccc(C)cc1. The molecular weight excluding hydrogens is 328 g/mol. The molecule has 0 aliphatic carbocycles. The molecular formula is C17H18N2O4S. The van der Waals surface area contributed by atoms with E-state index in [-0.39, 0.29) is 4.90 Å². The van der Waals surface area contributed by atoms with E-state index in [1.54, 1.807) is 31.4 Å². The van der Waals surface area contributed by atoms with Gasteiger partial charge in [-0.25, -0.2) is 17.9 Å². The van der Waals surface area contributed by atoms with Gasteiger partial charge in [-0.3, -0.25) is 4.90 Å². The molecule has 0 radical (unpaired) electrons. The van der Waals surface area contributed by atoms with E-state index >= 15 is 0 Å². The normalized spacial score (nSPS) is 13.5. The third-order valence-corrected chi connectivity index (χ3v) is 5.32. The summed E-state index contributed by atoms with van der Waals surface area (Å²) >= 11 is 0. The van der Waals surface area contributed by atoms with Crippen LogP contribution in [0.4, 0.5) is 10.5 Å². The average Bonchev–Trinajstić information content (AvgIpc) is 2.97. The van der Waals surface area contributed by atoms with E-state index in [4.69, 9.17) is 4.74 Å². The van der Waals surface area contributed by atoms with Crippen LogP contribution in [0.3, 0.4) is 0 Å². The second-order valence-electron chi connectivity index (χ2n) is 5.62. The van der Waals surface area contributed by atoms with Crippen molar-refractivity contribution in [3.8, 4) is 5.75 Å². The fraction of sp³-hybridized carbons (Fsp3) is 0.235. The van der Waals surface area contributed by atoms with E-state index in [1.165, 1.54) is 17.0 Å². The maximum absolute atomic E-state index is 12.4. The number of hydrogen-bond acceptors (Lipinski definition) is 4. The van der Waals surface area contributed by atoms with Crippen LogP contribution >= 0.6 is 0 Å². The molecule has 0 bridgehead atoms. The van der Waals surface area contributed by atoms with E-state index in [1.807, 2.05) is 13.0 Å². The van der Waals surface area contributed by atoms with Crippen LogP contribution in [0.2, 0.25) is 0 Å². The third kappa shape index (κ3) is 3.07. The number of carbonyl (C=O) groups excluding carboxylic acids is 1. The number of ether oxygens (including phenoxy) is 1. The van der Waals surface area contributed by atoms with Gasteiger partial charge in [0.05, 0.1) is 12.0 Å².